The van der Waals surface area contributed by atoms with Gasteiger partial charge in [-0.25, -0.2) is 4.79 Å². The van der Waals surface area contributed by atoms with Crippen molar-refractivity contribution in [2.75, 3.05) is 26.2 Å². The fourth-order valence-corrected chi connectivity index (χ4v) is 2.87. The van der Waals surface area contributed by atoms with Gasteiger partial charge in [0.1, 0.15) is 5.60 Å². The van der Waals surface area contributed by atoms with Gasteiger partial charge in [0.15, 0.2) is 5.96 Å². The van der Waals surface area contributed by atoms with Crippen molar-refractivity contribution in [3.8, 4) is 0 Å². The van der Waals surface area contributed by atoms with Crippen LogP contribution >= 0.6 is 0 Å². The predicted octanol–water partition coefficient (Wildman–Crippen LogP) is 2.80. The van der Waals surface area contributed by atoms with Crippen LogP contribution in [0, 0.1) is 0 Å². The summed E-state index contributed by atoms with van der Waals surface area (Å²) < 4.78 is 5.21. The number of hydrogen-bond acceptors (Lipinski definition) is 3. The van der Waals surface area contributed by atoms with Gasteiger partial charge < -0.3 is 20.7 Å². The molecule has 1 atom stereocenters. The Balaban J connectivity index is 1.67. The summed E-state index contributed by atoms with van der Waals surface area (Å²) in [4.78, 5) is 16.3. The van der Waals surface area contributed by atoms with Gasteiger partial charge in [-0.05, 0) is 51.7 Å². The number of amides is 1. The Bertz CT molecular complexity index is 622. The molecule has 6 nitrogen and oxygen atoms in total. The van der Waals surface area contributed by atoms with Crippen LogP contribution in [0.3, 0.4) is 0 Å². The van der Waals surface area contributed by atoms with E-state index in [1.807, 2.05) is 20.8 Å². The summed E-state index contributed by atoms with van der Waals surface area (Å²) in [6.07, 6.45) is 1.54. The summed E-state index contributed by atoms with van der Waals surface area (Å²) in [5, 5.41) is 9.35. The molecule has 0 saturated heterocycles. The minimum absolute atomic E-state index is 0.373. The number of nitrogens with zero attached hydrogens (tertiary/aromatic N) is 1. The molecule has 0 radical (unpaired) electrons. The second-order valence-corrected chi connectivity index (χ2v) is 7.53. The molecule has 6 heteroatoms. The van der Waals surface area contributed by atoms with Gasteiger partial charge in [-0.2, -0.15) is 0 Å². The highest BCUT2D eigenvalue weighted by molar-refractivity contribution is 5.79. The van der Waals surface area contributed by atoms with Crippen LogP contribution < -0.4 is 16.0 Å². The molecule has 1 aromatic carbocycles. The summed E-state index contributed by atoms with van der Waals surface area (Å²) in [5.41, 5.74) is 2.40. The Morgan fingerprint density at radius 1 is 1.19 bits per heavy atom. The lowest BCUT2D eigenvalue weighted by atomic mass is 9.78. The Morgan fingerprint density at radius 2 is 1.92 bits per heavy atom. The van der Waals surface area contributed by atoms with Crippen molar-refractivity contribution >= 4 is 12.1 Å². The maximum absolute atomic E-state index is 11.6. The molecule has 26 heavy (non-hydrogen) atoms. The van der Waals surface area contributed by atoms with Crippen LogP contribution in [0.5, 0.6) is 0 Å². The number of fused-ring (bicyclic) bond motifs is 1. The Labute approximate surface area is 156 Å². The van der Waals surface area contributed by atoms with E-state index in [-0.39, 0.29) is 6.09 Å². The second-order valence-electron chi connectivity index (χ2n) is 7.53. The molecule has 0 saturated carbocycles. The maximum atomic E-state index is 11.6. The van der Waals surface area contributed by atoms with Crippen LogP contribution in [0.25, 0.3) is 0 Å². The quantitative estimate of drug-likeness (QED) is 0.397. The van der Waals surface area contributed by atoms with E-state index in [1.165, 1.54) is 11.1 Å². The van der Waals surface area contributed by atoms with E-state index < -0.39 is 5.60 Å². The monoisotopic (exact) mass is 360 g/mol. The van der Waals surface area contributed by atoms with E-state index in [2.05, 4.69) is 47.1 Å². The number of nitrogens with one attached hydrogen (secondary N) is 3. The van der Waals surface area contributed by atoms with Crippen molar-refractivity contribution in [3.63, 3.8) is 0 Å². The number of carbonyl (C=O) groups is 1. The minimum Gasteiger partial charge on any atom is -0.444 e. The van der Waals surface area contributed by atoms with Crippen LogP contribution in [-0.2, 0) is 11.2 Å². The maximum Gasteiger partial charge on any atom is 0.407 e. The highest BCUT2D eigenvalue weighted by Gasteiger charge is 2.24. The molecule has 1 aliphatic rings. The number of rotatable bonds is 7. The molecule has 1 aromatic rings. The molecule has 0 spiro atoms. The summed E-state index contributed by atoms with van der Waals surface area (Å²) in [6.45, 7) is 10.5. The van der Waals surface area contributed by atoms with E-state index in [0.29, 0.717) is 12.5 Å². The first-order chi connectivity index (χ1) is 12.4. The first-order valence-corrected chi connectivity index (χ1v) is 9.46. The van der Waals surface area contributed by atoms with Crippen LogP contribution in [0.15, 0.2) is 29.3 Å². The van der Waals surface area contributed by atoms with Crippen molar-refractivity contribution in [1.29, 1.82) is 0 Å². The minimum atomic E-state index is -0.465. The zero-order valence-corrected chi connectivity index (χ0v) is 16.4. The van der Waals surface area contributed by atoms with Crippen LogP contribution in [0.1, 0.15) is 51.2 Å². The zero-order valence-electron chi connectivity index (χ0n) is 16.4. The smallest absolute Gasteiger partial charge is 0.407 e. The van der Waals surface area contributed by atoms with Gasteiger partial charge in [0.05, 0.1) is 0 Å². The van der Waals surface area contributed by atoms with E-state index in [4.69, 9.17) is 9.73 Å². The van der Waals surface area contributed by atoms with Gasteiger partial charge in [-0.3, -0.25) is 4.99 Å². The molecule has 0 heterocycles. The topological polar surface area (TPSA) is 74.8 Å². The largest absolute Gasteiger partial charge is 0.444 e. The van der Waals surface area contributed by atoms with Gasteiger partial charge >= 0.3 is 6.09 Å². The van der Waals surface area contributed by atoms with Gasteiger partial charge in [0.25, 0.3) is 0 Å². The summed E-state index contributed by atoms with van der Waals surface area (Å²) in [6, 6.07) is 8.57. The normalized spacial score (nSPS) is 16.3. The number of alkyl carbamates (subject to hydrolysis) is 1. The molecule has 1 unspecified atom stereocenters. The number of carbonyl (C=O) groups excluding carboxylic acids is 1. The molecule has 0 fully saturated rings. The van der Waals surface area contributed by atoms with E-state index in [1.54, 1.807) is 0 Å². The van der Waals surface area contributed by atoms with E-state index in [0.717, 1.165) is 38.4 Å². The van der Waals surface area contributed by atoms with Crippen LogP contribution in [0.4, 0.5) is 4.79 Å². The molecule has 1 aliphatic carbocycles. The number of aliphatic imine (C=N–C) groups is 1. The molecule has 1 amide bonds. The molecule has 0 aliphatic heterocycles. The number of ether oxygens (including phenoxy) is 1. The zero-order chi connectivity index (χ0) is 19.0. The van der Waals surface area contributed by atoms with Gasteiger partial charge in [-0.1, -0.05) is 24.3 Å². The highest BCUT2D eigenvalue weighted by atomic mass is 16.6. The van der Waals surface area contributed by atoms with Gasteiger partial charge in [0.2, 0.25) is 0 Å². The van der Waals surface area contributed by atoms with Crippen molar-refractivity contribution < 1.29 is 9.53 Å². The number of guanidine groups is 1. The third-order valence-corrected chi connectivity index (χ3v) is 4.09. The van der Waals surface area contributed by atoms with Crippen molar-refractivity contribution in [2.24, 2.45) is 4.99 Å². The van der Waals surface area contributed by atoms with Gasteiger partial charge in [-0.15, -0.1) is 0 Å². The third-order valence-electron chi connectivity index (χ3n) is 4.09. The molecular weight excluding hydrogens is 328 g/mol. The molecule has 3 N–H and O–H groups in total. The van der Waals surface area contributed by atoms with Gasteiger partial charge in [0, 0.05) is 32.1 Å². The Morgan fingerprint density at radius 3 is 2.62 bits per heavy atom. The lowest BCUT2D eigenvalue weighted by Crippen LogP contribution is -2.39. The third kappa shape index (κ3) is 6.58. The average Bonchev–Trinajstić information content (AvgIpc) is 2.53. The fourth-order valence-electron chi connectivity index (χ4n) is 2.87. The molecule has 0 aromatic heterocycles. The first kappa shape index (κ1) is 20.1. The van der Waals surface area contributed by atoms with E-state index >= 15 is 0 Å². The van der Waals surface area contributed by atoms with Crippen molar-refractivity contribution in [2.45, 2.75) is 52.1 Å². The Hall–Kier alpha value is -2.24. The predicted molar refractivity (Wildman–Crippen MR) is 106 cm³/mol. The first-order valence-electron chi connectivity index (χ1n) is 9.46. The number of benzene rings is 1. The molecule has 144 valence electrons. The van der Waals surface area contributed by atoms with Crippen molar-refractivity contribution in [3.05, 3.63) is 35.4 Å². The fraction of sp³-hybridized carbons (Fsp3) is 0.600. The van der Waals surface area contributed by atoms with Crippen molar-refractivity contribution in [1.82, 2.24) is 16.0 Å². The lowest BCUT2D eigenvalue weighted by Gasteiger charge is -2.29. The average molecular weight is 361 g/mol. The highest BCUT2D eigenvalue weighted by Crippen LogP contribution is 2.34. The number of hydrogen-bond donors (Lipinski definition) is 3. The summed E-state index contributed by atoms with van der Waals surface area (Å²) in [5.74, 6) is 1.35. The summed E-state index contributed by atoms with van der Waals surface area (Å²) in [7, 11) is 0. The Kier molecular flexibility index (Phi) is 7.30. The lowest BCUT2D eigenvalue weighted by molar-refractivity contribution is 0.0527. The molecule has 2 rings (SSSR count). The molecule has 0 bridgehead atoms. The van der Waals surface area contributed by atoms with Crippen LogP contribution in [0.2, 0.25) is 0 Å². The SMILES string of the molecule is CCNC(=NCC1Cc2ccccc21)NCCCNC(=O)OC(C)(C)C. The summed E-state index contributed by atoms with van der Waals surface area (Å²) >= 11 is 0. The van der Waals surface area contributed by atoms with E-state index in [9.17, 15) is 4.79 Å². The second kappa shape index (κ2) is 9.46. The molecular formula is C20H32N4O2. The standard InChI is InChI=1S/C20H32N4O2/c1-5-21-18(22-11-8-12-23-19(25)26-20(2,3)4)24-14-16-13-15-9-6-7-10-17(15)16/h6-7,9-10,16H,5,8,11-14H2,1-4H3,(H,23,25)(H2,21,22,24). The van der Waals surface area contributed by atoms with Crippen LogP contribution in [-0.4, -0.2) is 43.8 Å².